The normalized spacial score (nSPS) is 42.2. The number of fused-ring (bicyclic) bond motifs is 2. The molecule has 13 heavy (non-hydrogen) atoms. The van der Waals surface area contributed by atoms with Crippen LogP contribution in [0.4, 0.5) is 0 Å². The van der Waals surface area contributed by atoms with Gasteiger partial charge in [-0.1, -0.05) is 12.2 Å². The van der Waals surface area contributed by atoms with Crippen LogP contribution in [0.1, 0.15) is 6.42 Å². The van der Waals surface area contributed by atoms with Gasteiger partial charge in [0.25, 0.3) is 0 Å². The Bertz CT molecular complexity index is 212. The first kappa shape index (κ1) is 9.22. The van der Waals surface area contributed by atoms with Crippen molar-refractivity contribution in [2.75, 3.05) is 27.2 Å². The van der Waals surface area contributed by atoms with E-state index in [0.717, 1.165) is 12.5 Å². The average Bonchev–Trinajstić information content (AvgIpc) is 2.62. The highest BCUT2D eigenvalue weighted by atomic mass is 16.3. The van der Waals surface area contributed by atoms with Crippen molar-refractivity contribution in [2.24, 2.45) is 23.7 Å². The third kappa shape index (κ3) is 1.53. The molecule has 2 bridgehead atoms. The van der Waals surface area contributed by atoms with Crippen LogP contribution in [0.2, 0.25) is 0 Å². The van der Waals surface area contributed by atoms with Crippen molar-refractivity contribution in [1.82, 2.24) is 4.90 Å². The van der Waals surface area contributed by atoms with E-state index in [1.807, 2.05) is 0 Å². The second kappa shape index (κ2) is 3.43. The number of hydrogen-bond acceptors (Lipinski definition) is 2. The molecule has 2 aliphatic carbocycles. The zero-order valence-electron chi connectivity index (χ0n) is 8.48. The Morgan fingerprint density at radius 3 is 2.38 bits per heavy atom. The Balaban J connectivity index is 2.05. The molecule has 0 aromatic rings. The van der Waals surface area contributed by atoms with Gasteiger partial charge in [0.15, 0.2) is 0 Å². The lowest BCUT2D eigenvalue weighted by Gasteiger charge is -2.28. The van der Waals surface area contributed by atoms with E-state index in [2.05, 4.69) is 31.1 Å². The summed E-state index contributed by atoms with van der Waals surface area (Å²) in [4.78, 5) is 2.24. The van der Waals surface area contributed by atoms with Gasteiger partial charge in [-0.25, -0.2) is 0 Å². The predicted octanol–water partition coefficient (Wildman–Crippen LogP) is 0.979. The van der Waals surface area contributed by atoms with Crippen LogP contribution in [0.25, 0.3) is 0 Å². The highest BCUT2D eigenvalue weighted by Gasteiger charge is 2.43. The van der Waals surface area contributed by atoms with Crippen LogP contribution in [0, 0.1) is 23.7 Å². The van der Waals surface area contributed by atoms with E-state index in [4.69, 9.17) is 0 Å². The summed E-state index contributed by atoms with van der Waals surface area (Å²) in [7, 11) is 4.23. The molecule has 2 rings (SSSR count). The van der Waals surface area contributed by atoms with E-state index in [1.165, 1.54) is 6.42 Å². The molecule has 0 radical (unpaired) electrons. The van der Waals surface area contributed by atoms with Crippen LogP contribution in [-0.4, -0.2) is 37.3 Å². The summed E-state index contributed by atoms with van der Waals surface area (Å²) >= 11 is 0. The van der Waals surface area contributed by atoms with Crippen molar-refractivity contribution in [3.8, 4) is 0 Å². The number of hydrogen-bond donors (Lipinski definition) is 1. The Labute approximate surface area is 80.2 Å². The minimum Gasteiger partial charge on any atom is -0.396 e. The molecule has 0 saturated heterocycles. The van der Waals surface area contributed by atoms with E-state index in [-0.39, 0.29) is 0 Å². The van der Waals surface area contributed by atoms with Gasteiger partial charge in [-0.3, -0.25) is 0 Å². The fourth-order valence-electron chi connectivity index (χ4n) is 2.99. The molecule has 74 valence electrons. The third-order valence-corrected chi connectivity index (χ3v) is 3.59. The van der Waals surface area contributed by atoms with Crippen LogP contribution < -0.4 is 0 Å². The van der Waals surface area contributed by atoms with Gasteiger partial charge in [-0.2, -0.15) is 0 Å². The maximum Gasteiger partial charge on any atom is 0.0468 e. The van der Waals surface area contributed by atoms with Crippen LogP contribution in [-0.2, 0) is 0 Å². The number of nitrogens with zero attached hydrogens (tertiary/aromatic N) is 1. The number of allylic oxidation sites excluding steroid dienone is 2. The summed E-state index contributed by atoms with van der Waals surface area (Å²) in [5.41, 5.74) is 0. The quantitative estimate of drug-likeness (QED) is 0.656. The van der Waals surface area contributed by atoms with Crippen molar-refractivity contribution < 1.29 is 5.11 Å². The maximum absolute atomic E-state index is 9.32. The zero-order chi connectivity index (χ0) is 9.42. The largest absolute Gasteiger partial charge is 0.396 e. The molecule has 1 fully saturated rings. The van der Waals surface area contributed by atoms with E-state index < -0.39 is 0 Å². The fourth-order valence-corrected chi connectivity index (χ4v) is 2.99. The summed E-state index contributed by atoms with van der Waals surface area (Å²) in [5, 5.41) is 9.32. The molecule has 1 N–H and O–H groups in total. The standard InChI is InChI=1S/C11H19NO/c1-12(2)6-10-8-3-4-9(5-8)11(10)7-13/h3-4,8-11,13H,5-7H2,1-2H3/t8?,9?,10-,11+/m1/s1. The monoisotopic (exact) mass is 181 g/mol. The molecular weight excluding hydrogens is 162 g/mol. The van der Waals surface area contributed by atoms with Gasteiger partial charge in [0, 0.05) is 13.2 Å². The van der Waals surface area contributed by atoms with Crippen LogP contribution in [0.5, 0.6) is 0 Å². The summed E-state index contributed by atoms with van der Waals surface area (Å²) in [6.45, 7) is 1.49. The van der Waals surface area contributed by atoms with E-state index >= 15 is 0 Å². The van der Waals surface area contributed by atoms with Gasteiger partial charge >= 0.3 is 0 Å². The first-order valence-corrected chi connectivity index (χ1v) is 5.16. The van der Waals surface area contributed by atoms with Crippen LogP contribution >= 0.6 is 0 Å². The fraction of sp³-hybridized carbons (Fsp3) is 0.818. The molecule has 2 unspecified atom stereocenters. The van der Waals surface area contributed by atoms with Gasteiger partial charge in [-0.15, -0.1) is 0 Å². The molecule has 0 aliphatic heterocycles. The Kier molecular flexibility index (Phi) is 2.43. The van der Waals surface area contributed by atoms with E-state index in [9.17, 15) is 5.11 Å². The van der Waals surface area contributed by atoms with Gasteiger partial charge in [0.2, 0.25) is 0 Å². The molecule has 0 heterocycles. The Morgan fingerprint density at radius 1 is 1.23 bits per heavy atom. The molecule has 0 aromatic heterocycles. The molecule has 4 atom stereocenters. The van der Waals surface area contributed by atoms with Crippen LogP contribution in [0.3, 0.4) is 0 Å². The van der Waals surface area contributed by atoms with E-state index in [1.54, 1.807) is 0 Å². The van der Waals surface area contributed by atoms with Crippen molar-refractivity contribution >= 4 is 0 Å². The SMILES string of the molecule is CN(C)C[C@@H]1C2C=CC(C2)[C@@H]1CO. The Hall–Kier alpha value is -0.340. The predicted molar refractivity (Wildman–Crippen MR) is 53.4 cm³/mol. The molecular formula is C11H19NO. The average molecular weight is 181 g/mol. The van der Waals surface area contributed by atoms with E-state index in [0.29, 0.717) is 24.4 Å². The minimum absolute atomic E-state index is 0.365. The number of aliphatic hydroxyl groups is 1. The molecule has 2 nitrogen and oxygen atoms in total. The van der Waals surface area contributed by atoms with Crippen molar-refractivity contribution in [1.29, 1.82) is 0 Å². The third-order valence-electron chi connectivity index (χ3n) is 3.59. The number of rotatable bonds is 3. The lowest BCUT2D eigenvalue weighted by atomic mass is 9.83. The number of aliphatic hydroxyl groups excluding tert-OH is 1. The highest BCUT2D eigenvalue weighted by Crippen LogP contribution is 2.47. The first-order valence-electron chi connectivity index (χ1n) is 5.16. The Morgan fingerprint density at radius 2 is 1.85 bits per heavy atom. The summed E-state index contributed by atoms with van der Waals surface area (Å²) in [5.74, 6) is 2.62. The van der Waals surface area contributed by atoms with Crippen LogP contribution in [0.15, 0.2) is 12.2 Å². The maximum atomic E-state index is 9.32. The second-order valence-electron chi connectivity index (χ2n) is 4.72. The molecule has 0 spiro atoms. The smallest absolute Gasteiger partial charge is 0.0468 e. The summed E-state index contributed by atoms with van der Waals surface area (Å²) in [6, 6.07) is 0. The lowest BCUT2D eigenvalue weighted by molar-refractivity contribution is 0.143. The zero-order valence-corrected chi connectivity index (χ0v) is 8.48. The van der Waals surface area contributed by atoms with Crippen molar-refractivity contribution in [3.05, 3.63) is 12.2 Å². The molecule has 1 saturated carbocycles. The minimum atomic E-state index is 0.365. The topological polar surface area (TPSA) is 23.5 Å². The lowest BCUT2D eigenvalue weighted by Crippen LogP contribution is -2.32. The van der Waals surface area contributed by atoms with Gasteiger partial charge in [0.05, 0.1) is 0 Å². The van der Waals surface area contributed by atoms with Gasteiger partial charge in [-0.05, 0) is 44.2 Å². The summed E-state index contributed by atoms with van der Waals surface area (Å²) in [6.07, 6.45) is 5.94. The van der Waals surface area contributed by atoms with Gasteiger partial charge in [0.1, 0.15) is 0 Å². The molecule has 0 amide bonds. The summed E-state index contributed by atoms with van der Waals surface area (Å²) < 4.78 is 0. The molecule has 0 aromatic carbocycles. The molecule has 2 heteroatoms. The highest BCUT2D eigenvalue weighted by molar-refractivity contribution is 5.13. The second-order valence-corrected chi connectivity index (χ2v) is 4.72. The van der Waals surface area contributed by atoms with Crippen molar-refractivity contribution in [3.63, 3.8) is 0 Å². The van der Waals surface area contributed by atoms with Gasteiger partial charge < -0.3 is 10.0 Å². The first-order chi connectivity index (χ1) is 6.22. The van der Waals surface area contributed by atoms with Crippen molar-refractivity contribution in [2.45, 2.75) is 6.42 Å². The molecule has 2 aliphatic rings.